The molecular weight excluding hydrogens is 418 g/mol. The normalized spacial score (nSPS) is 23.8. The Morgan fingerprint density at radius 3 is 2.63 bits per heavy atom. The van der Waals surface area contributed by atoms with Gasteiger partial charge in [-0.2, -0.15) is 0 Å². The van der Waals surface area contributed by atoms with Crippen LogP contribution in [0, 0.1) is 10.1 Å². The van der Waals surface area contributed by atoms with E-state index in [0.717, 1.165) is 5.56 Å². The molecule has 13 heteroatoms. The maximum Gasteiger partial charge on any atom is 0.278 e. The first-order chi connectivity index (χ1) is 14.4. The van der Waals surface area contributed by atoms with Gasteiger partial charge in [-0.1, -0.05) is 23.9 Å². The van der Waals surface area contributed by atoms with Gasteiger partial charge in [0.2, 0.25) is 0 Å². The molecule has 0 spiro atoms. The molecule has 30 heavy (non-hydrogen) atoms. The third-order valence-electron chi connectivity index (χ3n) is 4.74. The zero-order valence-electron chi connectivity index (χ0n) is 15.3. The molecule has 1 saturated heterocycles. The van der Waals surface area contributed by atoms with Crippen LogP contribution in [0.1, 0.15) is 11.8 Å². The number of nitro groups is 1. The third kappa shape index (κ3) is 3.57. The fourth-order valence-corrected chi connectivity index (χ4v) is 4.16. The average molecular weight is 435 g/mol. The highest BCUT2D eigenvalue weighted by molar-refractivity contribution is 7.98. The Hall–Kier alpha value is -2.84. The van der Waals surface area contributed by atoms with Gasteiger partial charge in [0.15, 0.2) is 22.5 Å². The van der Waals surface area contributed by atoms with Crippen molar-refractivity contribution in [2.45, 2.75) is 35.4 Å². The van der Waals surface area contributed by atoms with Gasteiger partial charge in [0, 0.05) is 17.9 Å². The Balaban J connectivity index is 1.69. The number of aliphatic hydroxyl groups excluding tert-OH is 3. The number of hydrogen-bond donors (Lipinski definition) is 4. The van der Waals surface area contributed by atoms with Crippen LogP contribution in [0.2, 0.25) is 0 Å². The number of ether oxygens (including phenoxy) is 1. The first-order valence-electron chi connectivity index (χ1n) is 8.85. The maximum absolute atomic E-state index is 12.2. The van der Waals surface area contributed by atoms with Gasteiger partial charge in [0.25, 0.3) is 11.2 Å². The lowest BCUT2D eigenvalue weighted by Gasteiger charge is -2.19. The summed E-state index contributed by atoms with van der Waals surface area (Å²) in [5.74, 6) is 0.355. The van der Waals surface area contributed by atoms with Crippen molar-refractivity contribution in [3.8, 4) is 0 Å². The number of aromatic nitrogens is 4. The molecular formula is C17H17N5O7S. The molecule has 4 N–H and O–H groups in total. The molecule has 1 aromatic carbocycles. The molecule has 1 aliphatic rings. The van der Waals surface area contributed by atoms with Crippen LogP contribution in [0.5, 0.6) is 0 Å². The van der Waals surface area contributed by atoms with E-state index in [2.05, 4.69) is 15.0 Å². The highest BCUT2D eigenvalue weighted by Crippen LogP contribution is 2.35. The number of hydrogen-bond acceptors (Lipinski definition) is 10. The first kappa shape index (κ1) is 20.4. The molecule has 0 radical (unpaired) electrons. The number of H-pyrrole nitrogens is 1. The van der Waals surface area contributed by atoms with Crippen molar-refractivity contribution in [1.29, 1.82) is 0 Å². The van der Waals surface area contributed by atoms with E-state index in [1.807, 2.05) is 0 Å². The molecule has 4 rings (SSSR count). The molecule has 158 valence electrons. The van der Waals surface area contributed by atoms with E-state index in [0.29, 0.717) is 10.9 Å². The second-order valence-corrected chi connectivity index (χ2v) is 7.55. The molecule has 1 fully saturated rings. The molecule has 0 aliphatic carbocycles. The lowest BCUT2D eigenvalue weighted by Crippen LogP contribution is -2.33. The number of benzene rings is 1. The summed E-state index contributed by atoms with van der Waals surface area (Å²) in [5, 5.41) is 41.0. The third-order valence-corrected chi connectivity index (χ3v) is 5.76. The number of thioether (sulfide) groups is 1. The number of imidazole rings is 1. The van der Waals surface area contributed by atoms with Crippen LogP contribution in [-0.4, -0.2) is 64.7 Å². The van der Waals surface area contributed by atoms with E-state index >= 15 is 0 Å². The zero-order chi connectivity index (χ0) is 21.4. The minimum absolute atomic E-state index is 0.0291. The Kier molecular flexibility index (Phi) is 5.53. The van der Waals surface area contributed by atoms with Gasteiger partial charge in [0.05, 0.1) is 17.9 Å². The van der Waals surface area contributed by atoms with Gasteiger partial charge in [-0.3, -0.25) is 19.5 Å². The van der Waals surface area contributed by atoms with Gasteiger partial charge >= 0.3 is 0 Å². The monoisotopic (exact) mass is 435 g/mol. The largest absolute Gasteiger partial charge is 0.394 e. The molecule has 1 aliphatic heterocycles. The number of rotatable bonds is 6. The molecule has 0 saturated carbocycles. The van der Waals surface area contributed by atoms with Crippen LogP contribution < -0.4 is 5.56 Å². The predicted molar refractivity (Wildman–Crippen MR) is 104 cm³/mol. The fraction of sp³-hybridized carbons (Fsp3) is 0.353. The number of nitro benzene ring substituents is 1. The van der Waals surface area contributed by atoms with Crippen LogP contribution >= 0.6 is 11.8 Å². The van der Waals surface area contributed by atoms with E-state index in [1.54, 1.807) is 12.1 Å². The zero-order valence-corrected chi connectivity index (χ0v) is 16.1. The highest BCUT2D eigenvalue weighted by atomic mass is 32.2. The van der Waals surface area contributed by atoms with E-state index in [1.165, 1.54) is 34.8 Å². The minimum Gasteiger partial charge on any atom is -0.394 e. The van der Waals surface area contributed by atoms with Crippen LogP contribution in [-0.2, 0) is 10.5 Å². The summed E-state index contributed by atoms with van der Waals surface area (Å²) in [6.45, 7) is -0.499. The summed E-state index contributed by atoms with van der Waals surface area (Å²) in [4.78, 5) is 33.3. The van der Waals surface area contributed by atoms with Crippen LogP contribution in [0.4, 0.5) is 5.69 Å². The summed E-state index contributed by atoms with van der Waals surface area (Å²) >= 11 is 1.20. The Bertz CT molecular complexity index is 1130. The highest BCUT2D eigenvalue weighted by Gasteiger charge is 2.45. The van der Waals surface area contributed by atoms with E-state index in [4.69, 9.17) is 4.74 Å². The molecule has 3 heterocycles. The van der Waals surface area contributed by atoms with Crippen molar-refractivity contribution in [2.24, 2.45) is 0 Å². The fourth-order valence-electron chi connectivity index (χ4n) is 3.19. The van der Waals surface area contributed by atoms with E-state index in [9.17, 15) is 30.2 Å². The smallest absolute Gasteiger partial charge is 0.278 e. The quantitative estimate of drug-likeness (QED) is 0.233. The number of non-ortho nitro benzene ring substituents is 1. The van der Waals surface area contributed by atoms with Crippen LogP contribution in [0.15, 0.2) is 40.5 Å². The van der Waals surface area contributed by atoms with Crippen molar-refractivity contribution >= 4 is 28.6 Å². The molecule has 12 nitrogen and oxygen atoms in total. The van der Waals surface area contributed by atoms with Gasteiger partial charge in [0.1, 0.15) is 18.3 Å². The molecule has 0 bridgehead atoms. The molecule has 4 unspecified atom stereocenters. The van der Waals surface area contributed by atoms with Gasteiger partial charge < -0.3 is 25.0 Å². The van der Waals surface area contributed by atoms with Crippen molar-refractivity contribution in [3.63, 3.8) is 0 Å². The number of fused-ring (bicyclic) bond motifs is 1. The number of aromatic amines is 1. The van der Waals surface area contributed by atoms with Crippen molar-refractivity contribution in [2.75, 3.05) is 6.61 Å². The molecule has 4 atom stereocenters. The molecule has 3 aromatic rings. The second kappa shape index (κ2) is 8.12. The van der Waals surface area contributed by atoms with E-state index < -0.39 is 41.6 Å². The SMILES string of the molecule is O=c1[nH]cnc2c1nc(SCc1ccc([N+](=O)[O-])cc1)n2C1OC(CO)C(O)C1O. The first-order valence-corrected chi connectivity index (χ1v) is 9.83. The van der Waals surface area contributed by atoms with Crippen LogP contribution in [0.25, 0.3) is 11.2 Å². The van der Waals surface area contributed by atoms with Gasteiger partial charge in [-0.05, 0) is 5.56 Å². The minimum atomic E-state index is -1.38. The summed E-state index contributed by atoms with van der Waals surface area (Å²) in [7, 11) is 0. The van der Waals surface area contributed by atoms with Gasteiger partial charge in [-0.25, -0.2) is 9.97 Å². The molecule has 0 amide bonds. The van der Waals surface area contributed by atoms with Crippen molar-refractivity contribution < 1.29 is 25.0 Å². The van der Waals surface area contributed by atoms with Crippen molar-refractivity contribution in [3.05, 3.63) is 56.6 Å². The lowest BCUT2D eigenvalue weighted by atomic mass is 10.1. The lowest BCUT2D eigenvalue weighted by molar-refractivity contribution is -0.384. The number of aliphatic hydroxyl groups is 3. The Labute approximate surface area is 172 Å². The predicted octanol–water partition coefficient (Wildman–Crippen LogP) is -0.0684. The van der Waals surface area contributed by atoms with Crippen molar-refractivity contribution in [1.82, 2.24) is 19.5 Å². The molecule has 2 aromatic heterocycles. The standard InChI is InChI=1S/C17H17N5O7S/c23-5-10-12(24)13(25)16(29-10)21-14-11(15(26)19-7-18-14)20-17(21)30-6-8-1-3-9(4-2-8)22(27)28/h1-4,7,10,12-13,16,23-25H,5-6H2,(H,18,19,26). The summed E-state index contributed by atoms with van der Waals surface area (Å²) in [6, 6.07) is 5.99. The second-order valence-electron chi connectivity index (χ2n) is 6.61. The summed E-state index contributed by atoms with van der Waals surface area (Å²) in [6.07, 6.45) is -3.63. The number of nitrogens with one attached hydrogen (secondary N) is 1. The van der Waals surface area contributed by atoms with Crippen LogP contribution in [0.3, 0.4) is 0 Å². The topological polar surface area (TPSA) is 177 Å². The Morgan fingerprint density at radius 1 is 1.27 bits per heavy atom. The summed E-state index contributed by atoms with van der Waals surface area (Å²) in [5.41, 5.74) is 0.439. The maximum atomic E-state index is 12.2. The van der Waals surface area contributed by atoms with E-state index in [-0.39, 0.29) is 16.9 Å². The summed E-state index contributed by atoms with van der Waals surface area (Å²) < 4.78 is 7.00. The number of nitrogens with zero attached hydrogens (tertiary/aromatic N) is 4. The Morgan fingerprint density at radius 2 is 2.00 bits per heavy atom. The van der Waals surface area contributed by atoms with Gasteiger partial charge in [-0.15, -0.1) is 0 Å². The average Bonchev–Trinajstić information content (AvgIpc) is 3.25.